The van der Waals surface area contributed by atoms with Gasteiger partial charge in [0.1, 0.15) is 18.3 Å². The Labute approximate surface area is 122 Å². The Morgan fingerprint density at radius 2 is 1.32 bits per heavy atom. The largest absolute Gasteiger partial charge is 0.479 e. The van der Waals surface area contributed by atoms with Gasteiger partial charge in [0.2, 0.25) is 6.10 Å². The number of carboxylic acids is 2. The Bertz CT molecular complexity index is 409. The average Bonchev–Trinajstić information content (AvgIpc) is 2.47. The smallest absolute Gasteiger partial charge is 0.348 e. The van der Waals surface area contributed by atoms with Crippen molar-refractivity contribution in [2.45, 2.75) is 36.6 Å². The van der Waals surface area contributed by atoms with Gasteiger partial charge in [0, 0.05) is 0 Å². The molecule has 0 spiro atoms. The molecule has 12 heteroatoms. The van der Waals surface area contributed by atoms with Gasteiger partial charge in [-0.2, -0.15) is 0 Å². The Kier molecular flexibility index (Phi) is 7.86. The van der Waals surface area contributed by atoms with Crippen LogP contribution in [0.25, 0.3) is 0 Å². The molecular weight excluding hydrogens is 312 g/mol. The third-order valence-electron chi connectivity index (χ3n) is 2.52. The Balaban J connectivity index is 4.94. The molecule has 22 heavy (non-hydrogen) atoms. The highest BCUT2D eigenvalue weighted by Crippen LogP contribution is 2.10. The van der Waals surface area contributed by atoms with Gasteiger partial charge in [0.15, 0.2) is 12.2 Å². The maximum atomic E-state index is 11.4. The molecule has 0 radical (unpaired) electrons. The minimum Gasteiger partial charge on any atom is -0.479 e. The summed E-state index contributed by atoms with van der Waals surface area (Å²) >= 11 is 0. The first kappa shape index (κ1) is 20.2. The maximum absolute atomic E-state index is 11.4. The molecule has 0 aromatic heterocycles. The topological polar surface area (TPSA) is 222 Å². The lowest BCUT2D eigenvalue weighted by Crippen LogP contribution is -2.51. The van der Waals surface area contributed by atoms with Crippen molar-refractivity contribution in [3.63, 3.8) is 0 Å². The first-order valence-corrected chi connectivity index (χ1v) is 5.71. The van der Waals surface area contributed by atoms with Gasteiger partial charge in [-0.3, -0.25) is 0 Å². The van der Waals surface area contributed by atoms with E-state index in [-0.39, 0.29) is 0 Å². The van der Waals surface area contributed by atoms with Gasteiger partial charge in [-0.15, -0.1) is 0 Å². The van der Waals surface area contributed by atoms with Crippen molar-refractivity contribution in [3.8, 4) is 0 Å². The van der Waals surface area contributed by atoms with Gasteiger partial charge in [-0.05, 0) is 0 Å². The number of ether oxygens (including phenoxy) is 1. The summed E-state index contributed by atoms with van der Waals surface area (Å²) in [5, 5.41) is 71.6. The van der Waals surface area contributed by atoms with Crippen molar-refractivity contribution in [3.05, 3.63) is 0 Å². The fraction of sp³-hybridized carbons (Fsp3) is 0.700. The van der Waals surface area contributed by atoms with Crippen LogP contribution >= 0.6 is 0 Å². The van der Waals surface area contributed by atoms with Crippen molar-refractivity contribution in [1.29, 1.82) is 0 Å². The lowest BCUT2D eigenvalue weighted by Gasteiger charge is -2.25. The number of carbonyl (C=O) groups is 3. The van der Waals surface area contributed by atoms with Gasteiger partial charge in [-0.1, -0.05) is 0 Å². The Hall–Kier alpha value is -1.83. The molecule has 0 fully saturated rings. The van der Waals surface area contributed by atoms with E-state index in [0.29, 0.717) is 0 Å². The fourth-order valence-corrected chi connectivity index (χ4v) is 1.24. The van der Waals surface area contributed by atoms with Gasteiger partial charge < -0.3 is 45.6 Å². The summed E-state index contributed by atoms with van der Waals surface area (Å²) in [4.78, 5) is 32.5. The van der Waals surface area contributed by atoms with Crippen LogP contribution in [-0.4, -0.2) is 102 Å². The van der Waals surface area contributed by atoms with Crippen molar-refractivity contribution in [2.75, 3.05) is 6.61 Å². The molecule has 128 valence electrons. The second kappa shape index (κ2) is 8.57. The molecule has 8 N–H and O–H groups in total. The summed E-state index contributed by atoms with van der Waals surface area (Å²) in [6.07, 6.45) is -14.3. The zero-order valence-corrected chi connectivity index (χ0v) is 10.9. The van der Waals surface area contributed by atoms with Crippen LogP contribution < -0.4 is 0 Å². The molecule has 0 saturated carbocycles. The monoisotopic (exact) mass is 328 g/mol. The lowest BCUT2D eigenvalue weighted by atomic mass is 10.0. The van der Waals surface area contributed by atoms with Crippen molar-refractivity contribution in [2.24, 2.45) is 0 Å². The normalized spacial score (nSPS) is 19.4. The molecule has 0 aliphatic carbocycles. The first-order valence-electron chi connectivity index (χ1n) is 5.71. The molecule has 0 heterocycles. The molecule has 0 saturated heterocycles. The zero-order valence-electron chi connectivity index (χ0n) is 10.9. The number of esters is 1. The van der Waals surface area contributed by atoms with Crippen LogP contribution in [-0.2, 0) is 19.1 Å². The molecule has 12 nitrogen and oxygen atoms in total. The SMILES string of the molecule is O=C(O)C(O)C(OC(=O)[C@H](O)[C@@H](O)[C@H](O)[C@H](O)CO)C(=O)O. The van der Waals surface area contributed by atoms with E-state index in [4.69, 9.17) is 25.5 Å². The number of carbonyl (C=O) groups excluding carboxylic acids is 1. The third kappa shape index (κ3) is 5.18. The highest BCUT2D eigenvalue weighted by Gasteiger charge is 2.40. The zero-order chi connectivity index (χ0) is 17.6. The molecule has 0 amide bonds. The number of rotatable bonds is 9. The molecule has 0 aromatic rings. The highest BCUT2D eigenvalue weighted by atomic mass is 16.6. The van der Waals surface area contributed by atoms with Gasteiger partial charge in [0.25, 0.3) is 0 Å². The van der Waals surface area contributed by atoms with E-state index in [1.807, 2.05) is 0 Å². The van der Waals surface area contributed by atoms with Crippen LogP contribution in [0.4, 0.5) is 0 Å². The van der Waals surface area contributed by atoms with Crippen LogP contribution in [0.15, 0.2) is 0 Å². The predicted molar refractivity (Wildman–Crippen MR) is 62.3 cm³/mol. The second-order valence-corrected chi connectivity index (χ2v) is 4.15. The molecule has 6 atom stereocenters. The van der Waals surface area contributed by atoms with Crippen LogP contribution in [0.1, 0.15) is 0 Å². The van der Waals surface area contributed by atoms with Crippen LogP contribution in [0.5, 0.6) is 0 Å². The van der Waals surface area contributed by atoms with Crippen molar-refractivity contribution >= 4 is 17.9 Å². The number of aliphatic hydroxyl groups excluding tert-OH is 6. The molecule has 0 bridgehead atoms. The molecular formula is C10H16O12. The quantitative estimate of drug-likeness (QED) is 0.186. The van der Waals surface area contributed by atoms with Crippen LogP contribution in [0, 0.1) is 0 Å². The minimum absolute atomic E-state index is 1.02. The van der Waals surface area contributed by atoms with E-state index in [9.17, 15) is 29.7 Å². The summed E-state index contributed by atoms with van der Waals surface area (Å²) in [5.74, 6) is -5.93. The van der Waals surface area contributed by atoms with E-state index in [0.717, 1.165) is 0 Å². The molecule has 2 unspecified atom stereocenters. The summed E-state index contributed by atoms with van der Waals surface area (Å²) in [7, 11) is 0. The third-order valence-corrected chi connectivity index (χ3v) is 2.52. The minimum atomic E-state index is -2.64. The number of hydrogen-bond acceptors (Lipinski definition) is 10. The molecule has 0 aliphatic rings. The fourth-order valence-electron chi connectivity index (χ4n) is 1.24. The summed E-state index contributed by atoms with van der Waals surface area (Å²) in [6, 6.07) is 0. The Morgan fingerprint density at radius 1 is 0.818 bits per heavy atom. The second-order valence-electron chi connectivity index (χ2n) is 4.15. The van der Waals surface area contributed by atoms with Gasteiger partial charge in [0.05, 0.1) is 6.61 Å². The number of carboxylic acid groups (broad SMARTS) is 2. The first-order chi connectivity index (χ1) is 10.0. The standard InChI is InChI=1S/C10H16O12/c11-1-2(12)3(13)4(14)5(15)10(21)22-7(9(19)20)6(16)8(17)18/h2-7,11-16H,1H2,(H,17,18)(H,19,20)/t2-,3-,4+,5-,6?,7?/m1/s1. The van der Waals surface area contributed by atoms with Gasteiger partial charge >= 0.3 is 17.9 Å². The van der Waals surface area contributed by atoms with Crippen LogP contribution in [0.3, 0.4) is 0 Å². The van der Waals surface area contributed by atoms with Crippen LogP contribution in [0.2, 0.25) is 0 Å². The lowest BCUT2D eigenvalue weighted by molar-refractivity contribution is -0.190. The van der Waals surface area contributed by atoms with Crippen molar-refractivity contribution < 1.29 is 60.0 Å². The number of hydrogen-bond donors (Lipinski definition) is 8. The van der Waals surface area contributed by atoms with Crippen molar-refractivity contribution in [1.82, 2.24) is 0 Å². The molecule has 0 rings (SSSR count). The van der Waals surface area contributed by atoms with E-state index < -0.39 is 61.1 Å². The average molecular weight is 328 g/mol. The maximum Gasteiger partial charge on any atom is 0.348 e. The van der Waals surface area contributed by atoms with Gasteiger partial charge in [-0.25, -0.2) is 14.4 Å². The van der Waals surface area contributed by atoms with E-state index >= 15 is 0 Å². The van der Waals surface area contributed by atoms with E-state index in [2.05, 4.69) is 4.74 Å². The number of aliphatic carboxylic acids is 2. The molecule has 0 aromatic carbocycles. The Morgan fingerprint density at radius 3 is 1.68 bits per heavy atom. The summed E-state index contributed by atoms with van der Waals surface area (Å²) in [5.41, 5.74) is 0. The summed E-state index contributed by atoms with van der Waals surface area (Å²) in [6.45, 7) is -1.02. The summed E-state index contributed by atoms with van der Waals surface area (Å²) < 4.78 is 4.05. The highest BCUT2D eigenvalue weighted by molar-refractivity contribution is 5.86. The molecule has 0 aliphatic heterocycles. The van der Waals surface area contributed by atoms with E-state index in [1.54, 1.807) is 0 Å². The number of aliphatic hydroxyl groups is 6. The predicted octanol–water partition coefficient (Wildman–Crippen LogP) is -5.14. The van der Waals surface area contributed by atoms with E-state index in [1.165, 1.54) is 0 Å².